The van der Waals surface area contributed by atoms with Gasteiger partial charge in [-0.15, -0.1) is 0 Å². The Morgan fingerprint density at radius 1 is 1.53 bits per heavy atom. The molecule has 0 aliphatic carbocycles. The number of halogens is 1. The van der Waals surface area contributed by atoms with Crippen LogP contribution in [0.1, 0.15) is 32.3 Å². The second-order valence-corrected chi connectivity index (χ2v) is 5.47. The lowest BCUT2D eigenvalue weighted by atomic mass is 9.89. The Labute approximate surface area is 109 Å². The van der Waals surface area contributed by atoms with Gasteiger partial charge in [-0.2, -0.15) is 0 Å². The lowest BCUT2D eigenvalue weighted by Crippen LogP contribution is -2.38. The molecule has 0 fully saturated rings. The van der Waals surface area contributed by atoms with Crippen molar-refractivity contribution < 1.29 is 4.92 Å². The van der Waals surface area contributed by atoms with E-state index in [1.54, 1.807) is 6.07 Å². The zero-order valence-corrected chi connectivity index (χ0v) is 11.7. The van der Waals surface area contributed by atoms with Gasteiger partial charge in [0.15, 0.2) is 0 Å². The van der Waals surface area contributed by atoms with Gasteiger partial charge < -0.3 is 5.73 Å². The second-order valence-electron chi connectivity index (χ2n) is 4.61. The first-order chi connectivity index (χ1) is 7.85. The van der Waals surface area contributed by atoms with E-state index < -0.39 is 4.92 Å². The molecule has 0 aliphatic heterocycles. The van der Waals surface area contributed by atoms with E-state index in [1.165, 1.54) is 12.1 Å². The minimum Gasteiger partial charge on any atom is -0.325 e. The van der Waals surface area contributed by atoms with Crippen LogP contribution in [0, 0.1) is 10.1 Å². The summed E-state index contributed by atoms with van der Waals surface area (Å²) >= 11 is 3.36. The maximum absolute atomic E-state index is 10.6. The van der Waals surface area contributed by atoms with Crippen LogP contribution in [0.2, 0.25) is 0 Å². The molecule has 2 N–H and O–H groups in total. The molecule has 0 spiro atoms. The Hall–Kier alpha value is -0.940. The van der Waals surface area contributed by atoms with E-state index in [4.69, 9.17) is 5.73 Å². The van der Waals surface area contributed by atoms with Gasteiger partial charge in [0.05, 0.1) is 4.92 Å². The van der Waals surface area contributed by atoms with E-state index >= 15 is 0 Å². The van der Waals surface area contributed by atoms with Crippen molar-refractivity contribution >= 4 is 21.6 Å². The number of nitrogens with two attached hydrogens (primary N) is 1. The van der Waals surface area contributed by atoms with Crippen molar-refractivity contribution in [1.82, 2.24) is 0 Å². The van der Waals surface area contributed by atoms with Crippen LogP contribution < -0.4 is 5.73 Å². The summed E-state index contributed by atoms with van der Waals surface area (Å²) in [5, 5.41) is 10.6. The molecule has 0 aliphatic rings. The SMILES string of the molecule is CCCC(C)(N)Cc1ccc([N+](=O)[O-])cc1Br. The first-order valence-corrected chi connectivity index (χ1v) is 6.37. The van der Waals surface area contributed by atoms with Crippen molar-refractivity contribution in [3.8, 4) is 0 Å². The lowest BCUT2D eigenvalue weighted by molar-refractivity contribution is -0.384. The van der Waals surface area contributed by atoms with E-state index in [0.29, 0.717) is 6.42 Å². The summed E-state index contributed by atoms with van der Waals surface area (Å²) in [6.45, 7) is 4.10. The first kappa shape index (κ1) is 14.1. The number of non-ortho nitro benzene ring substituents is 1. The standard InChI is InChI=1S/C12H17BrN2O2/c1-3-6-12(2,14)8-9-4-5-10(15(16)17)7-11(9)13/h4-5,7H,3,6,8,14H2,1-2H3. The normalized spacial score (nSPS) is 14.4. The molecule has 1 aromatic carbocycles. The predicted octanol–water partition coefficient (Wildman–Crippen LogP) is 3.42. The molecule has 0 saturated heterocycles. The summed E-state index contributed by atoms with van der Waals surface area (Å²) < 4.78 is 0.750. The van der Waals surface area contributed by atoms with E-state index in [-0.39, 0.29) is 11.2 Å². The van der Waals surface area contributed by atoms with Crippen LogP contribution in [0.15, 0.2) is 22.7 Å². The summed E-state index contributed by atoms with van der Waals surface area (Å²) in [5.74, 6) is 0. The molecule has 0 amide bonds. The van der Waals surface area contributed by atoms with Crippen LogP contribution in [0.25, 0.3) is 0 Å². The average Bonchev–Trinajstić information content (AvgIpc) is 2.20. The summed E-state index contributed by atoms with van der Waals surface area (Å²) in [5.41, 5.74) is 7.00. The fraction of sp³-hybridized carbons (Fsp3) is 0.500. The monoisotopic (exact) mass is 300 g/mol. The highest BCUT2D eigenvalue weighted by molar-refractivity contribution is 9.10. The molecular formula is C12H17BrN2O2. The van der Waals surface area contributed by atoms with E-state index in [9.17, 15) is 10.1 Å². The number of hydrogen-bond acceptors (Lipinski definition) is 3. The van der Waals surface area contributed by atoms with E-state index in [1.807, 2.05) is 6.92 Å². The molecule has 1 rings (SSSR count). The second kappa shape index (κ2) is 5.60. The number of hydrogen-bond donors (Lipinski definition) is 1. The number of nitro benzene ring substituents is 1. The quantitative estimate of drug-likeness (QED) is 0.669. The minimum absolute atomic E-state index is 0.0924. The molecule has 94 valence electrons. The summed E-state index contributed by atoms with van der Waals surface area (Å²) in [7, 11) is 0. The average molecular weight is 301 g/mol. The largest absolute Gasteiger partial charge is 0.325 e. The molecular weight excluding hydrogens is 284 g/mol. The molecule has 1 atom stereocenters. The Morgan fingerprint density at radius 3 is 2.65 bits per heavy atom. The molecule has 0 aromatic heterocycles. The molecule has 17 heavy (non-hydrogen) atoms. The van der Waals surface area contributed by atoms with Crippen molar-refractivity contribution in [2.45, 2.75) is 38.6 Å². The maximum atomic E-state index is 10.6. The van der Waals surface area contributed by atoms with Crippen molar-refractivity contribution in [3.05, 3.63) is 38.3 Å². The van der Waals surface area contributed by atoms with Crippen LogP contribution in [0.4, 0.5) is 5.69 Å². The minimum atomic E-state index is -0.401. The molecule has 1 unspecified atom stereocenters. The number of rotatable bonds is 5. The van der Waals surface area contributed by atoms with Crippen LogP contribution >= 0.6 is 15.9 Å². The van der Waals surface area contributed by atoms with Gasteiger partial charge in [-0.25, -0.2) is 0 Å². The van der Waals surface area contributed by atoms with Gasteiger partial charge in [0.2, 0.25) is 0 Å². The van der Waals surface area contributed by atoms with Gasteiger partial charge in [-0.05, 0) is 25.3 Å². The zero-order chi connectivity index (χ0) is 13.1. The fourth-order valence-corrected chi connectivity index (χ4v) is 2.39. The number of benzene rings is 1. The Balaban J connectivity index is 2.90. The Morgan fingerprint density at radius 2 is 2.18 bits per heavy atom. The van der Waals surface area contributed by atoms with Crippen molar-refractivity contribution in [1.29, 1.82) is 0 Å². The summed E-state index contributed by atoms with van der Waals surface area (Å²) in [6.07, 6.45) is 2.66. The summed E-state index contributed by atoms with van der Waals surface area (Å²) in [6, 6.07) is 4.81. The predicted molar refractivity (Wildman–Crippen MR) is 72.0 cm³/mol. The summed E-state index contributed by atoms with van der Waals surface area (Å²) in [4.78, 5) is 10.2. The third kappa shape index (κ3) is 4.09. The zero-order valence-electron chi connectivity index (χ0n) is 10.1. The Kier molecular flexibility index (Phi) is 4.65. The number of nitrogens with zero attached hydrogens (tertiary/aromatic N) is 1. The van der Waals surface area contributed by atoms with Gasteiger partial charge in [-0.3, -0.25) is 10.1 Å². The molecule has 1 aromatic rings. The molecule has 0 bridgehead atoms. The third-order valence-corrected chi connectivity index (χ3v) is 3.40. The van der Waals surface area contributed by atoms with Crippen molar-refractivity contribution in [2.24, 2.45) is 5.73 Å². The topological polar surface area (TPSA) is 69.2 Å². The van der Waals surface area contributed by atoms with E-state index in [0.717, 1.165) is 22.9 Å². The van der Waals surface area contributed by atoms with Crippen molar-refractivity contribution in [2.75, 3.05) is 0 Å². The van der Waals surface area contributed by atoms with Gasteiger partial charge >= 0.3 is 0 Å². The Bertz CT molecular complexity index is 419. The molecule has 4 nitrogen and oxygen atoms in total. The van der Waals surface area contributed by atoms with Crippen molar-refractivity contribution in [3.63, 3.8) is 0 Å². The molecule has 0 radical (unpaired) electrons. The van der Waals surface area contributed by atoms with Crippen LogP contribution in [-0.2, 0) is 6.42 Å². The highest BCUT2D eigenvalue weighted by Crippen LogP contribution is 2.26. The highest BCUT2D eigenvalue weighted by atomic mass is 79.9. The van der Waals surface area contributed by atoms with Gasteiger partial charge in [0, 0.05) is 22.1 Å². The first-order valence-electron chi connectivity index (χ1n) is 5.57. The maximum Gasteiger partial charge on any atom is 0.270 e. The third-order valence-electron chi connectivity index (χ3n) is 2.66. The van der Waals surface area contributed by atoms with Gasteiger partial charge in [0.1, 0.15) is 0 Å². The van der Waals surface area contributed by atoms with Crippen LogP contribution in [-0.4, -0.2) is 10.5 Å². The highest BCUT2D eigenvalue weighted by Gasteiger charge is 2.20. The van der Waals surface area contributed by atoms with Gasteiger partial charge in [0.25, 0.3) is 5.69 Å². The number of nitro groups is 1. The molecule has 0 heterocycles. The van der Waals surface area contributed by atoms with Crippen LogP contribution in [0.5, 0.6) is 0 Å². The fourth-order valence-electron chi connectivity index (χ4n) is 1.89. The van der Waals surface area contributed by atoms with E-state index in [2.05, 4.69) is 22.9 Å². The van der Waals surface area contributed by atoms with Gasteiger partial charge in [-0.1, -0.05) is 35.3 Å². The molecule has 5 heteroatoms. The smallest absolute Gasteiger partial charge is 0.270 e. The molecule has 0 saturated carbocycles. The lowest BCUT2D eigenvalue weighted by Gasteiger charge is -2.24. The van der Waals surface area contributed by atoms with Crippen LogP contribution in [0.3, 0.4) is 0 Å².